The quantitative estimate of drug-likeness (QED) is 0.862. The van der Waals surface area contributed by atoms with Gasteiger partial charge in [-0.25, -0.2) is 4.39 Å². The SMILES string of the molecule is Cc1ccc(NC(=O)C(C)Oc2cccc(C=O)c2)cc1F. The number of carbonyl (C=O) groups is 2. The fraction of sp³-hybridized carbons (Fsp3) is 0.176. The van der Waals surface area contributed by atoms with Crippen LogP contribution in [0.25, 0.3) is 0 Å². The molecule has 1 unspecified atom stereocenters. The van der Waals surface area contributed by atoms with E-state index >= 15 is 0 Å². The van der Waals surface area contributed by atoms with Crippen molar-refractivity contribution in [3.05, 3.63) is 59.4 Å². The predicted molar refractivity (Wildman–Crippen MR) is 81.7 cm³/mol. The molecule has 0 saturated carbocycles. The zero-order valence-corrected chi connectivity index (χ0v) is 12.3. The van der Waals surface area contributed by atoms with Gasteiger partial charge in [-0.1, -0.05) is 18.2 Å². The highest BCUT2D eigenvalue weighted by Gasteiger charge is 2.15. The van der Waals surface area contributed by atoms with E-state index < -0.39 is 12.0 Å². The number of hydrogen-bond donors (Lipinski definition) is 1. The van der Waals surface area contributed by atoms with Crippen LogP contribution in [0.5, 0.6) is 5.75 Å². The van der Waals surface area contributed by atoms with E-state index in [1.165, 1.54) is 6.07 Å². The van der Waals surface area contributed by atoms with Gasteiger partial charge in [0.05, 0.1) is 0 Å². The van der Waals surface area contributed by atoms with Crippen LogP contribution < -0.4 is 10.1 Å². The van der Waals surface area contributed by atoms with E-state index in [-0.39, 0.29) is 5.82 Å². The fourth-order valence-corrected chi connectivity index (χ4v) is 1.83. The molecular formula is C17H16FNO3. The van der Waals surface area contributed by atoms with Crippen LogP contribution in [0.3, 0.4) is 0 Å². The van der Waals surface area contributed by atoms with Gasteiger partial charge in [-0.05, 0) is 43.7 Å². The van der Waals surface area contributed by atoms with Crippen LogP contribution in [0.4, 0.5) is 10.1 Å². The number of amides is 1. The number of hydrogen-bond acceptors (Lipinski definition) is 3. The van der Waals surface area contributed by atoms with Gasteiger partial charge in [-0.15, -0.1) is 0 Å². The van der Waals surface area contributed by atoms with Crippen molar-refractivity contribution >= 4 is 17.9 Å². The van der Waals surface area contributed by atoms with E-state index in [0.717, 1.165) is 0 Å². The molecule has 1 N–H and O–H groups in total. The number of ether oxygens (including phenoxy) is 1. The van der Waals surface area contributed by atoms with E-state index in [4.69, 9.17) is 4.74 Å². The first-order valence-corrected chi connectivity index (χ1v) is 6.78. The van der Waals surface area contributed by atoms with Crippen LogP contribution in [-0.2, 0) is 4.79 Å². The number of carbonyl (C=O) groups excluding carboxylic acids is 2. The minimum absolute atomic E-state index is 0.366. The Balaban J connectivity index is 2.02. The highest BCUT2D eigenvalue weighted by molar-refractivity contribution is 5.94. The highest BCUT2D eigenvalue weighted by atomic mass is 19.1. The monoisotopic (exact) mass is 301 g/mol. The number of benzene rings is 2. The van der Waals surface area contributed by atoms with Crippen molar-refractivity contribution in [2.45, 2.75) is 20.0 Å². The lowest BCUT2D eigenvalue weighted by Crippen LogP contribution is -2.30. The molecule has 0 aliphatic rings. The molecule has 0 saturated heterocycles. The lowest BCUT2D eigenvalue weighted by atomic mass is 10.2. The Morgan fingerprint density at radius 2 is 2.05 bits per heavy atom. The second-order valence-electron chi connectivity index (χ2n) is 4.90. The van der Waals surface area contributed by atoms with Gasteiger partial charge >= 0.3 is 0 Å². The molecule has 22 heavy (non-hydrogen) atoms. The second-order valence-corrected chi connectivity index (χ2v) is 4.90. The Labute approximate surface area is 127 Å². The fourth-order valence-electron chi connectivity index (χ4n) is 1.83. The molecule has 5 heteroatoms. The normalized spacial score (nSPS) is 11.6. The summed E-state index contributed by atoms with van der Waals surface area (Å²) in [6, 6.07) is 11.0. The molecule has 1 amide bonds. The van der Waals surface area contributed by atoms with Crippen molar-refractivity contribution in [3.8, 4) is 5.75 Å². The molecule has 2 rings (SSSR count). The molecule has 114 valence electrons. The molecule has 0 aliphatic carbocycles. The third-order valence-corrected chi connectivity index (χ3v) is 3.12. The van der Waals surface area contributed by atoms with Crippen molar-refractivity contribution in [2.75, 3.05) is 5.32 Å². The molecule has 4 nitrogen and oxygen atoms in total. The number of anilines is 1. The third kappa shape index (κ3) is 3.91. The first-order valence-electron chi connectivity index (χ1n) is 6.78. The summed E-state index contributed by atoms with van der Waals surface area (Å²) >= 11 is 0. The minimum atomic E-state index is -0.786. The van der Waals surface area contributed by atoms with E-state index in [0.29, 0.717) is 28.8 Å². The maximum atomic E-state index is 13.4. The Kier molecular flexibility index (Phi) is 4.88. The molecule has 0 fully saturated rings. The van der Waals surface area contributed by atoms with E-state index in [2.05, 4.69) is 5.32 Å². The Bertz CT molecular complexity index is 700. The van der Waals surface area contributed by atoms with Crippen LogP contribution in [0, 0.1) is 12.7 Å². The van der Waals surface area contributed by atoms with Gasteiger partial charge in [0.2, 0.25) is 0 Å². The number of rotatable bonds is 5. The maximum absolute atomic E-state index is 13.4. The van der Waals surface area contributed by atoms with Crippen molar-refractivity contribution in [2.24, 2.45) is 0 Å². The van der Waals surface area contributed by atoms with Gasteiger partial charge in [0, 0.05) is 11.3 Å². The Morgan fingerprint density at radius 1 is 1.27 bits per heavy atom. The molecular weight excluding hydrogens is 285 g/mol. The van der Waals surface area contributed by atoms with Gasteiger partial charge in [-0.3, -0.25) is 9.59 Å². The van der Waals surface area contributed by atoms with Crippen molar-refractivity contribution in [1.82, 2.24) is 0 Å². The lowest BCUT2D eigenvalue weighted by Gasteiger charge is -2.15. The molecule has 0 aliphatic heterocycles. The molecule has 1 atom stereocenters. The van der Waals surface area contributed by atoms with Crippen LogP contribution in [-0.4, -0.2) is 18.3 Å². The Hall–Kier alpha value is -2.69. The predicted octanol–water partition coefficient (Wildman–Crippen LogP) is 3.35. The molecule has 0 aromatic heterocycles. The zero-order chi connectivity index (χ0) is 16.1. The summed E-state index contributed by atoms with van der Waals surface area (Å²) in [6.45, 7) is 3.22. The van der Waals surface area contributed by atoms with Crippen molar-refractivity contribution in [1.29, 1.82) is 0 Å². The van der Waals surface area contributed by atoms with Crippen LogP contribution in [0.2, 0.25) is 0 Å². The van der Waals surface area contributed by atoms with Gasteiger partial charge in [0.1, 0.15) is 17.9 Å². The van der Waals surface area contributed by atoms with Crippen LogP contribution in [0.15, 0.2) is 42.5 Å². The minimum Gasteiger partial charge on any atom is -0.481 e. The zero-order valence-electron chi connectivity index (χ0n) is 12.3. The average Bonchev–Trinajstić information content (AvgIpc) is 2.51. The van der Waals surface area contributed by atoms with E-state index in [9.17, 15) is 14.0 Å². The third-order valence-electron chi connectivity index (χ3n) is 3.12. The average molecular weight is 301 g/mol. The molecule has 2 aromatic carbocycles. The highest BCUT2D eigenvalue weighted by Crippen LogP contribution is 2.16. The van der Waals surface area contributed by atoms with Crippen molar-refractivity contribution in [3.63, 3.8) is 0 Å². The molecule has 0 bridgehead atoms. The summed E-state index contributed by atoms with van der Waals surface area (Å²) in [4.78, 5) is 22.7. The lowest BCUT2D eigenvalue weighted by molar-refractivity contribution is -0.122. The standard InChI is InChI=1S/C17H16FNO3/c1-11-6-7-14(9-16(11)18)19-17(21)12(2)22-15-5-3-4-13(8-15)10-20/h3-10,12H,1-2H3,(H,19,21). The first-order chi connectivity index (χ1) is 10.5. The van der Waals surface area contributed by atoms with E-state index in [1.807, 2.05) is 0 Å². The summed E-state index contributed by atoms with van der Waals surface area (Å²) in [5.41, 5.74) is 1.34. The maximum Gasteiger partial charge on any atom is 0.265 e. The number of aldehydes is 1. The van der Waals surface area contributed by atoms with Gasteiger partial charge in [0.25, 0.3) is 5.91 Å². The summed E-state index contributed by atoms with van der Waals surface area (Å²) in [6.07, 6.45) is -0.0848. The largest absolute Gasteiger partial charge is 0.481 e. The Morgan fingerprint density at radius 3 is 2.73 bits per heavy atom. The van der Waals surface area contributed by atoms with Crippen LogP contribution in [0.1, 0.15) is 22.8 Å². The molecule has 2 aromatic rings. The van der Waals surface area contributed by atoms with E-state index in [1.54, 1.807) is 50.2 Å². The molecule has 0 heterocycles. The number of halogens is 1. The number of nitrogens with one attached hydrogen (secondary N) is 1. The molecule has 0 spiro atoms. The summed E-state index contributed by atoms with van der Waals surface area (Å²) in [5, 5.41) is 2.59. The molecule has 0 radical (unpaired) electrons. The van der Waals surface area contributed by atoms with Gasteiger partial charge < -0.3 is 10.1 Å². The second kappa shape index (κ2) is 6.85. The van der Waals surface area contributed by atoms with Crippen LogP contribution >= 0.6 is 0 Å². The summed E-state index contributed by atoms with van der Waals surface area (Å²) in [5.74, 6) is -0.368. The van der Waals surface area contributed by atoms with Gasteiger partial charge in [0.15, 0.2) is 6.10 Å². The summed E-state index contributed by atoms with van der Waals surface area (Å²) < 4.78 is 18.9. The van der Waals surface area contributed by atoms with Gasteiger partial charge in [-0.2, -0.15) is 0 Å². The van der Waals surface area contributed by atoms with Crippen molar-refractivity contribution < 1.29 is 18.7 Å². The summed E-state index contributed by atoms with van der Waals surface area (Å²) in [7, 11) is 0. The topological polar surface area (TPSA) is 55.4 Å². The smallest absolute Gasteiger partial charge is 0.265 e. The number of aryl methyl sites for hydroxylation is 1. The first kappa shape index (κ1) is 15.7.